The number of hydrogen-bond acceptors (Lipinski definition) is 6. The number of hydrogen-bond donors (Lipinski definition) is 2. The van der Waals surface area contributed by atoms with Crippen LogP contribution in [0.2, 0.25) is 0 Å². The van der Waals surface area contributed by atoms with Gasteiger partial charge < -0.3 is 14.7 Å². The summed E-state index contributed by atoms with van der Waals surface area (Å²) < 4.78 is 17.7. The van der Waals surface area contributed by atoms with E-state index in [1.54, 1.807) is 0 Å². The normalized spacial score (nSPS) is 10.4. The van der Waals surface area contributed by atoms with E-state index in [0.717, 1.165) is 12.1 Å². The van der Waals surface area contributed by atoms with Gasteiger partial charge in [-0.3, -0.25) is 10.1 Å². The monoisotopic (exact) mass is 268 g/mol. The number of nitro benzene ring substituents is 1. The molecule has 1 aromatic carbocycles. The van der Waals surface area contributed by atoms with Crippen LogP contribution in [0, 0.1) is 15.9 Å². The maximum absolute atomic E-state index is 13.3. The number of halogens is 1. The van der Waals surface area contributed by atoms with Crippen molar-refractivity contribution in [2.24, 2.45) is 0 Å². The Hall–Kier alpha value is -2.97. The highest BCUT2D eigenvalue weighted by atomic mass is 19.1. The fourth-order valence-electron chi connectivity index (χ4n) is 1.39. The van der Waals surface area contributed by atoms with Gasteiger partial charge in [-0.2, -0.15) is 0 Å². The molecule has 2 N–H and O–H groups in total. The van der Waals surface area contributed by atoms with Crippen LogP contribution >= 0.6 is 0 Å². The van der Waals surface area contributed by atoms with Gasteiger partial charge in [-0.15, -0.1) is 0 Å². The Kier molecular flexibility index (Phi) is 2.87. The lowest BCUT2D eigenvalue weighted by Crippen LogP contribution is -1.92. The van der Waals surface area contributed by atoms with Gasteiger partial charge in [0.25, 0.3) is 5.69 Å². The molecule has 0 fully saturated rings. The second-order valence-corrected chi connectivity index (χ2v) is 3.46. The second kappa shape index (κ2) is 4.37. The van der Waals surface area contributed by atoms with Crippen LogP contribution in [0.5, 0.6) is 5.75 Å². The number of aromatic carboxylic acids is 1. The van der Waals surface area contributed by atoms with Gasteiger partial charge in [-0.05, 0) is 0 Å². The summed E-state index contributed by atoms with van der Waals surface area (Å²) in [4.78, 5) is 20.3. The van der Waals surface area contributed by atoms with Crippen molar-refractivity contribution in [2.75, 3.05) is 0 Å². The molecule has 0 aliphatic heterocycles. The van der Waals surface area contributed by atoms with E-state index >= 15 is 0 Å². The van der Waals surface area contributed by atoms with Crippen LogP contribution in [0.1, 0.15) is 10.6 Å². The number of rotatable bonds is 3. The Labute approximate surface area is 103 Å². The van der Waals surface area contributed by atoms with Crippen LogP contribution in [-0.4, -0.2) is 26.3 Å². The number of carboxylic acids is 1. The highest BCUT2D eigenvalue weighted by Crippen LogP contribution is 2.34. The maximum atomic E-state index is 13.3. The molecule has 0 bridgehead atoms. The fourth-order valence-corrected chi connectivity index (χ4v) is 1.39. The molecule has 0 saturated heterocycles. The summed E-state index contributed by atoms with van der Waals surface area (Å²) >= 11 is 0. The number of nitrogens with zero attached hydrogens (tertiary/aromatic N) is 2. The van der Waals surface area contributed by atoms with Gasteiger partial charge >= 0.3 is 5.97 Å². The van der Waals surface area contributed by atoms with Gasteiger partial charge in [-0.25, -0.2) is 9.18 Å². The molecule has 0 amide bonds. The number of carboxylic acid groups (broad SMARTS) is 1. The Balaban J connectivity index is 2.59. The zero-order valence-electron chi connectivity index (χ0n) is 9.03. The average molecular weight is 268 g/mol. The van der Waals surface area contributed by atoms with Crippen molar-refractivity contribution in [1.29, 1.82) is 0 Å². The van der Waals surface area contributed by atoms with Crippen LogP contribution < -0.4 is 0 Å². The summed E-state index contributed by atoms with van der Waals surface area (Å²) in [7, 11) is 0. The summed E-state index contributed by atoms with van der Waals surface area (Å²) in [5.74, 6) is -4.05. The van der Waals surface area contributed by atoms with E-state index in [1.807, 2.05) is 0 Å². The Bertz CT molecular complexity index is 681. The zero-order chi connectivity index (χ0) is 14.2. The summed E-state index contributed by atoms with van der Waals surface area (Å²) in [5, 5.41) is 32.0. The molecule has 0 spiro atoms. The predicted molar refractivity (Wildman–Crippen MR) is 57.2 cm³/mol. The van der Waals surface area contributed by atoms with Gasteiger partial charge in [0.1, 0.15) is 5.69 Å². The lowest BCUT2D eigenvalue weighted by Gasteiger charge is -2.01. The average Bonchev–Trinajstić information content (AvgIpc) is 2.81. The Morgan fingerprint density at radius 2 is 2.11 bits per heavy atom. The molecular weight excluding hydrogens is 263 g/mol. The minimum Gasteiger partial charge on any atom is -0.504 e. The number of aromatic hydroxyl groups is 1. The van der Waals surface area contributed by atoms with E-state index in [-0.39, 0.29) is 11.3 Å². The van der Waals surface area contributed by atoms with Gasteiger partial charge in [0, 0.05) is 12.1 Å². The fraction of sp³-hybridized carbons (Fsp3) is 0. The van der Waals surface area contributed by atoms with Gasteiger partial charge in [0.05, 0.1) is 16.6 Å². The van der Waals surface area contributed by atoms with E-state index in [9.17, 15) is 24.4 Å². The number of aromatic nitrogens is 1. The molecule has 0 unspecified atom stereocenters. The molecule has 9 heteroatoms. The first-order chi connectivity index (χ1) is 8.90. The van der Waals surface area contributed by atoms with E-state index in [0.29, 0.717) is 6.07 Å². The third kappa shape index (κ3) is 2.20. The second-order valence-electron chi connectivity index (χ2n) is 3.46. The van der Waals surface area contributed by atoms with E-state index in [4.69, 9.17) is 5.11 Å². The summed E-state index contributed by atoms with van der Waals surface area (Å²) in [6.45, 7) is 0. The van der Waals surface area contributed by atoms with Crippen LogP contribution in [0.15, 0.2) is 22.7 Å². The van der Waals surface area contributed by atoms with Crippen molar-refractivity contribution in [2.45, 2.75) is 0 Å². The summed E-state index contributed by atoms with van der Waals surface area (Å²) in [5.41, 5.74) is -1.16. The minimum atomic E-state index is -1.41. The largest absolute Gasteiger partial charge is 0.504 e. The molecule has 0 atom stereocenters. The maximum Gasteiger partial charge on any atom is 0.374 e. The molecular formula is C10H5FN2O6. The van der Waals surface area contributed by atoms with Crippen LogP contribution in [-0.2, 0) is 0 Å². The van der Waals surface area contributed by atoms with E-state index in [2.05, 4.69) is 9.68 Å². The highest BCUT2D eigenvalue weighted by Gasteiger charge is 2.21. The minimum absolute atomic E-state index is 0.225. The smallest absolute Gasteiger partial charge is 0.374 e. The molecule has 0 aliphatic rings. The number of phenols is 1. The van der Waals surface area contributed by atoms with Crippen molar-refractivity contribution in [3.8, 4) is 17.0 Å². The first-order valence-electron chi connectivity index (χ1n) is 4.77. The zero-order valence-corrected chi connectivity index (χ0v) is 9.03. The summed E-state index contributed by atoms with van der Waals surface area (Å²) in [6.07, 6.45) is 0. The molecule has 0 aliphatic carbocycles. The molecule has 8 nitrogen and oxygen atoms in total. The van der Waals surface area contributed by atoms with Crippen LogP contribution in [0.3, 0.4) is 0 Å². The Morgan fingerprint density at radius 1 is 1.42 bits per heavy atom. The lowest BCUT2D eigenvalue weighted by atomic mass is 10.1. The van der Waals surface area contributed by atoms with Crippen molar-refractivity contribution >= 4 is 11.7 Å². The van der Waals surface area contributed by atoms with E-state index in [1.165, 1.54) is 0 Å². The molecule has 2 aromatic rings. The van der Waals surface area contributed by atoms with Crippen molar-refractivity contribution in [3.63, 3.8) is 0 Å². The number of non-ortho nitro benzene ring substituents is 1. The number of benzene rings is 1. The molecule has 0 saturated carbocycles. The topological polar surface area (TPSA) is 127 Å². The number of phenolic OH excluding ortho intramolecular Hbond substituents is 1. The van der Waals surface area contributed by atoms with Gasteiger partial charge in [0.2, 0.25) is 5.76 Å². The Morgan fingerprint density at radius 3 is 2.63 bits per heavy atom. The number of carbonyl (C=O) groups is 1. The SMILES string of the molecule is O=C(O)c1cc(-c2cc([N+](=O)[O-])cc(F)c2O)no1. The van der Waals surface area contributed by atoms with Crippen molar-refractivity contribution in [1.82, 2.24) is 5.16 Å². The predicted octanol–water partition coefficient (Wildman–Crippen LogP) is 1.79. The van der Waals surface area contributed by atoms with Gasteiger partial charge in [-0.1, -0.05) is 5.16 Å². The first-order valence-corrected chi connectivity index (χ1v) is 4.77. The lowest BCUT2D eigenvalue weighted by molar-refractivity contribution is -0.385. The standard InChI is InChI=1S/C10H5FN2O6/c11-6-2-4(13(17)18)1-5(9(6)14)7-3-8(10(15)16)19-12-7/h1-3,14H,(H,15,16). The van der Waals surface area contributed by atoms with Gasteiger partial charge in [0.15, 0.2) is 11.6 Å². The van der Waals surface area contributed by atoms with Crippen LogP contribution in [0.25, 0.3) is 11.3 Å². The van der Waals surface area contributed by atoms with E-state index < -0.39 is 33.9 Å². The molecule has 2 rings (SSSR count). The number of nitro groups is 1. The molecule has 1 heterocycles. The highest BCUT2D eigenvalue weighted by molar-refractivity contribution is 5.86. The molecule has 1 aromatic heterocycles. The summed E-state index contributed by atoms with van der Waals surface area (Å²) in [6, 6.07) is 2.32. The first kappa shape index (κ1) is 12.5. The van der Waals surface area contributed by atoms with Crippen molar-refractivity contribution in [3.05, 3.63) is 39.9 Å². The quantitative estimate of drug-likeness (QED) is 0.641. The molecule has 19 heavy (non-hydrogen) atoms. The van der Waals surface area contributed by atoms with Crippen molar-refractivity contribution < 1.29 is 28.8 Å². The third-order valence-electron chi connectivity index (χ3n) is 2.26. The third-order valence-corrected chi connectivity index (χ3v) is 2.26. The molecule has 98 valence electrons. The van der Waals surface area contributed by atoms with Crippen LogP contribution in [0.4, 0.5) is 10.1 Å². The molecule has 0 radical (unpaired) electrons.